The van der Waals surface area contributed by atoms with E-state index in [1.807, 2.05) is 26.0 Å². The Hall–Kier alpha value is -0.380. The first-order valence-electron chi connectivity index (χ1n) is 4.67. The van der Waals surface area contributed by atoms with E-state index in [0.29, 0.717) is 0 Å². The fraction of sp³-hybridized carbons (Fsp3) is 0.800. The lowest BCUT2D eigenvalue weighted by molar-refractivity contribution is -0.144. The van der Waals surface area contributed by atoms with E-state index < -0.39 is 5.79 Å². The van der Waals surface area contributed by atoms with Crippen molar-refractivity contribution in [1.82, 2.24) is 0 Å². The van der Waals surface area contributed by atoms with Crippen molar-refractivity contribution >= 4 is 0 Å². The van der Waals surface area contributed by atoms with Crippen molar-refractivity contribution in [2.75, 3.05) is 7.11 Å². The van der Waals surface area contributed by atoms with Gasteiger partial charge in [-0.3, -0.25) is 0 Å². The first-order valence-corrected chi connectivity index (χ1v) is 4.67. The molecule has 3 atom stereocenters. The summed E-state index contributed by atoms with van der Waals surface area (Å²) >= 11 is 0. The van der Waals surface area contributed by atoms with E-state index in [0.717, 1.165) is 6.42 Å². The molecule has 0 radical (unpaired) electrons. The third kappa shape index (κ3) is 1.77. The van der Waals surface area contributed by atoms with Gasteiger partial charge in [0.25, 0.3) is 0 Å². The third-order valence-electron chi connectivity index (χ3n) is 2.50. The van der Waals surface area contributed by atoms with E-state index in [2.05, 4.69) is 0 Å². The van der Waals surface area contributed by atoms with Gasteiger partial charge in [0.05, 0.1) is 12.2 Å². The van der Waals surface area contributed by atoms with E-state index in [4.69, 9.17) is 14.2 Å². The molecule has 0 N–H and O–H groups in total. The molecule has 0 unspecified atom stereocenters. The van der Waals surface area contributed by atoms with Crippen LogP contribution in [0.2, 0.25) is 0 Å². The molecule has 1 aliphatic carbocycles. The quantitative estimate of drug-likeness (QED) is 0.578. The van der Waals surface area contributed by atoms with E-state index in [9.17, 15) is 0 Å². The van der Waals surface area contributed by atoms with Gasteiger partial charge in [0.2, 0.25) is 0 Å². The van der Waals surface area contributed by atoms with Crippen LogP contribution in [0.5, 0.6) is 0 Å². The maximum absolute atomic E-state index is 5.73. The van der Waals surface area contributed by atoms with Gasteiger partial charge in [-0.2, -0.15) is 0 Å². The molecule has 0 aromatic carbocycles. The number of ether oxygens (including phenoxy) is 3. The van der Waals surface area contributed by atoms with Gasteiger partial charge in [-0.25, -0.2) is 0 Å². The maximum atomic E-state index is 5.73. The summed E-state index contributed by atoms with van der Waals surface area (Å²) in [5.74, 6) is -0.442. The van der Waals surface area contributed by atoms with E-state index in [-0.39, 0.29) is 18.3 Å². The smallest absolute Gasteiger partial charge is 0.164 e. The summed E-state index contributed by atoms with van der Waals surface area (Å²) in [6.07, 6.45) is 5.43. The molecular formula is C10H16O3. The van der Waals surface area contributed by atoms with Crippen LogP contribution < -0.4 is 0 Å². The lowest BCUT2D eigenvalue weighted by atomic mass is 10.00. The molecule has 2 aliphatic rings. The molecule has 0 aromatic rings. The molecule has 0 saturated carbocycles. The summed E-state index contributed by atoms with van der Waals surface area (Å²) in [4.78, 5) is 0. The summed E-state index contributed by atoms with van der Waals surface area (Å²) in [5.41, 5.74) is 0. The van der Waals surface area contributed by atoms with Gasteiger partial charge in [-0.15, -0.1) is 0 Å². The molecule has 3 nitrogen and oxygen atoms in total. The van der Waals surface area contributed by atoms with Crippen LogP contribution >= 0.6 is 0 Å². The molecule has 13 heavy (non-hydrogen) atoms. The van der Waals surface area contributed by atoms with Crippen molar-refractivity contribution < 1.29 is 14.2 Å². The number of methoxy groups -OCH3 is 1. The molecule has 74 valence electrons. The monoisotopic (exact) mass is 184 g/mol. The Balaban J connectivity index is 2.07. The topological polar surface area (TPSA) is 27.7 Å². The minimum atomic E-state index is -0.442. The molecule has 1 aliphatic heterocycles. The van der Waals surface area contributed by atoms with Crippen LogP contribution in [0.15, 0.2) is 12.2 Å². The van der Waals surface area contributed by atoms with Crippen LogP contribution in [0, 0.1) is 0 Å². The standard InChI is InChI=1S/C10H16O3/c1-10(2)12-8-5-4-7(11-3)6-9(8)13-10/h4-5,7-9H,6H2,1-3H3/t7-,8+,9-/m1/s1. The third-order valence-corrected chi connectivity index (χ3v) is 2.50. The van der Waals surface area contributed by atoms with Crippen LogP contribution in [-0.4, -0.2) is 31.2 Å². The van der Waals surface area contributed by atoms with Crippen LogP contribution in [0.1, 0.15) is 20.3 Å². The average Bonchev–Trinajstić information content (AvgIpc) is 2.36. The molecule has 1 saturated heterocycles. The van der Waals surface area contributed by atoms with E-state index in [1.54, 1.807) is 7.11 Å². The van der Waals surface area contributed by atoms with Crippen molar-refractivity contribution in [3.63, 3.8) is 0 Å². The zero-order valence-corrected chi connectivity index (χ0v) is 8.32. The molecule has 1 heterocycles. The second-order valence-corrected chi connectivity index (χ2v) is 4.03. The molecule has 0 spiro atoms. The summed E-state index contributed by atoms with van der Waals surface area (Å²) in [6, 6.07) is 0. The van der Waals surface area contributed by atoms with Crippen LogP contribution in [0.4, 0.5) is 0 Å². The first kappa shape index (κ1) is 9.19. The zero-order chi connectivity index (χ0) is 9.47. The van der Waals surface area contributed by atoms with Gasteiger partial charge in [0, 0.05) is 13.5 Å². The number of hydrogen-bond acceptors (Lipinski definition) is 3. The predicted molar refractivity (Wildman–Crippen MR) is 48.4 cm³/mol. The van der Waals surface area contributed by atoms with Crippen LogP contribution in [-0.2, 0) is 14.2 Å². The van der Waals surface area contributed by atoms with Gasteiger partial charge < -0.3 is 14.2 Å². The Labute approximate surface area is 78.7 Å². The van der Waals surface area contributed by atoms with Crippen molar-refractivity contribution in [2.45, 2.75) is 44.4 Å². The van der Waals surface area contributed by atoms with Crippen LogP contribution in [0.3, 0.4) is 0 Å². The largest absolute Gasteiger partial charge is 0.377 e. The molecule has 2 rings (SSSR count). The zero-order valence-electron chi connectivity index (χ0n) is 8.32. The molecule has 0 bridgehead atoms. The van der Waals surface area contributed by atoms with Gasteiger partial charge in [0.1, 0.15) is 6.10 Å². The Bertz CT molecular complexity index is 222. The molecule has 1 fully saturated rings. The van der Waals surface area contributed by atoms with Crippen molar-refractivity contribution in [1.29, 1.82) is 0 Å². The van der Waals surface area contributed by atoms with Gasteiger partial charge >= 0.3 is 0 Å². The number of hydrogen-bond donors (Lipinski definition) is 0. The Kier molecular flexibility index (Phi) is 2.18. The maximum Gasteiger partial charge on any atom is 0.164 e. The van der Waals surface area contributed by atoms with Gasteiger partial charge in [0.15, 0.2) is 5.79 Å². The molecule has 3 heteroatoms. The molecular weight excluding hydrogens is 168 g/mol. The Morgan fingerprint density at radius 3 is 2.77 bits per heavy atom. The predicted octanol–water partition coefficient (Wildman–Crippen LogP) is 1.48. The average molecular weight is 184 g/mol. The normalized spacial score (nSPS) is 41.9. The highest BCUT2D eigenvalue weighted by molar-refractivity contribution is 5.07. The summed E-state index contributed by atoms with van der Waals surface area (Å²) in [5, 5.41) is 0. The Morgan fingerprint density at radius 1 is 1.31 bits per heavy atom. The summed E-state index contributed by atoms with van der Waals surface area (Å²) in [6.45, 7) is 3.89. The van der Waals surface area contributed by atoms with Crippen molar-refractivity contribution in [3.05, 3.63) is 12.2 Å². The highest BCUT2D eigenvalue weighted by atomic mass is 16.8. The van der Waals surface area contributed by atoms with E-state index >= 15 is 0 Å². The fourth-order valence-corrected chi connectivity index (χ4v) is 1.92. The van der Waals surface area contributed by atoms with Gasteiger partial charge in [-0.05, 0) is 13.8 Å². The second kappa shape index (κ2) is 3.08. The first-order chi connectivity index (χ1) is 6.11. The fourth-order valence-electron chi connectivity index (χ4n) is 1.92. The lowest BCUT2D eigenvalue weighted by Gasteiger charge is -2.23. The number of fused-ring (bicyclic) bond motifs is 1. The van der Waals surface area contributed by atoms with Gasteiger partial charge in [-0.1, -0.05) is 12.2 Å². The SMILES string of the molecule is CO[C@@H]1C=C[C@@H]2OC(C)(C)O[C@@H]2C1. The number of rotatable bonds is 1. The van der Waals surface area contributed by atoms with E-state index in [1.165, 1.54) is 0 Å². The molecule has 0 amide bonds. The summed E-state index contributed by atoms with van der Waals surface area (Å²) < 4.78 is 16.7. The minimum Gasteiger partial charge on any atom is -0.377 e. The Morgan fingerprint density at radius 2 is 2.08 bits per heavy atom. The van der Waals surface area contributed by atoms with Crippen LogP contribution in [0.25, 0.3) is 0 Å². The highest BCUT2D eigenvalue weighted by Crippen LogP contribution is 2.34. The lowest BCUT2D eigenvalue weighted by Crippen LogP contribution is -2.30. The van der Waals surface area contributed by atoms with Crippen molar-refractivity contribution in [2.24, 2.45) is 0 Å². The van der Waals surface area contributed by atoms with Crippen molar-refractivity contribution in [3.8, 4) is 0 Å². The second-order valence-electron chi connectivity index (χ2n) is 4.03. The minimum absolute atomic E-state index is 0.112. The highest BCUT2D eigenvalue weighted by Gasteiger charge is 2.42. The molecule has 0 aromatic heterocycles. The summed E-state index contributed by atoms with van der Waals surface area (Å²) in [7, 11) is 1.72.